The third-order valence-electron chi connectivity index (χ3n) is 2.47. The van der Waals surface area contributed by atoms with Gasteiger partial charge in [-0.05, 0) is 23.3 Å². The predicted molar refractivity (Wildman–Crippen MR) is 64.0 cm³/mol. The SMILES string of the molecule is O=C(CSc1nnnn1C1CC1)Nc1cn[nH]c1. The van der Waals surface area contributed by atoms with E-state index >= 15 is 0 Å². The van der Waals surface area contributed by atoms with Crippen LogP contribution in [0.1, 0.15) is 18.9 Å². The summed E-state index contributed by atoms with van der Waals surface area (Å²) in [5.41, 5.74) is 0.655. The minimum absolute atomic E-state index is 0.105. The Balaban J connectivity index is 1.54. The second kappa shape index (κ2) is 4.77. The van der Waals surface area contributed by atoms with Crippen LogP contribution in [0.25, 0.3) is 0 Å². The Bertz CT molecular complexity index is 533. The predicted octanol–water partition coefficient (Wildman–Crippen LogP) is 0.462. The standard InChI is InChI=1S/C9H11N7OS/c17-8(12-6-3-10-11-4-6)5-18-9-13-14-15-16(9)7-1-2-7/h3-4,7H,1-2,5H2,(H,10,11)(H,12,17). The number of carbonyl (C=O) groups excluding carboxylic acids is 1. The summed E-state index contributed by atoms with van der Waals surface area (Å²) in [4.78, 5) is 11.7. The second-order valence-corrected chi connectivity index (χ2v) is 4.90. The molecule has 18 heavy (non-hydrogen) atoms. The molecular weight excluding hydrogens is 254 g/mol. The normalized spacial score (nSPS) is 14.7. The van der Waals surface area contributed by atoms with Gasteiger partial charge in [-0.3, -0.25) is 9.89 Å². The maximum Gasteiger partial charge on any atom is 0.234 e. The molecule has 94 valence electrons. The van der Waals surface area contributed by atoms with E-state index in [1.165, 1.54) is 11.8 Å². The monoisotopic (exact) mass is 265 g/mol. The summed E-state index contributed by atoms with van der Waals surface area (Å²) in [6.07, 6.45) is 5.40. The average molecular weight is 265 g/mol. The highest BCUT2D eigenvalue weighted by Crippen LogP contribution is 2.36. The molecule has 2 aromatic heterocycles. The maximum atomic E-state index is 11.7. The molecule has 0 aliphatic heterocycles. The molecule has 1 aliphatic rings. The van der Waals surface area contributed by atoms with Gasteiger partial charge in [-0.15, -0.1) is 5.10 Å². The van der Waals surface area contributed by atoms with Crippen LogP contribution in [0.15, 0.2) is 17.6 Å². The first-order valence-electron chi connectivity index (χ1n) is 5.52. The second-order valence-electron chi connectivity index (χ2n) is 3.96. The van der Waals surface area contributed by atoms with Gasteiger partial charge in [0.2, 0.25) is 11.1 Å². The van der Waals surface area contributed by atoms with Gasteiger partial charge < -0.3 is 5.32 Å². The van der Waals surface area contributed by atoms with E-state index < -0.39 is 0 Å². The summed E-state index contributed by atoms with van der Waals surface area (Å²) in [6.45, 7) is 0. The highest BCUT2D eigenvalue weighted by atomic mass is 32.2. The average Bonchev–Trinajstić information content (AvgIpc) is 2.90. The molecular formula is C9H11N7OS. The summed E-state index contributed by atoms with van der Waals surface area (Å²) in [6, 6.07) is 0.416. The van der Waals surface area contributed by atoms with Crippen molar-refractivity contribution in [1.82, 2.24) is 30.4 Å². The third kappa shape index (κ3) is 2.50. The molecule has 0 atom stereocenters. The van der Waals surface area contributed by atoms with E-state index in [0.717, 1.165) is 12.8 Å². The molecule has 2 aromatic rings. The molecule has 2 heterocycles. The van der Waals surface area contributed by atoms with E-state index in [1.807, 2.05) is 0 Å². The lowest BCUT2D eigenvalue weighted by Gasteiger charge is -2.02. The van der Waals surface area contributed by atoms with Crippen LogP contribution in [-0.4, -0.2) is 42.1 Å². The van der Waals surface area contributed by atoms with Crippen molar-refractivity contribution in [2.45, 2.75) is 24.0 Å². The largest absolute Gasteiger partial charge is 0.323 e. The number of tetrazole rings is 1. The van der Waals surface area contributed by atoms with Crippen molar-refractivity contribution < 1.29 is 4.79 Å². The number of hydrogen-bond acceptors (Lipinski definition) is 6. The molecule has 0 unspecified atom stereocenters. The van der Waals surface area contributed by atoms with Gasteiger partial charge in [-0.25, -0.2) is 4.68 Å². The van der Waals surface area contributed by atoms with Gasteiger partial charge in [0.25, 0.3) is 0 Å². The summed E-state index contributed by atoms with van der Waals surface area (Å²) >= 11 is 1.34. The number of anilines is 1. The lowest BCUT2D eigenvalue weighted by molar-refractivity contribution is -0.113. The fraction of sp³-hybridized carbons (Fsp3) is 0.444. The number of amides is 1. The molecule has 1 aliphatic carbocycles. The Kier molecular flexibility index (Phi) is 2.97. The van der Waals surface area contributed by atoms with Crippen molar-refractivity contribution >= 4 is 23.4 Å². The fourth-order valence-corrected chi connectivity index (χ4v) is 2.22. The van der Waals surface area contributed by atoms with E-state index in [-0.39, 0.29) is 11.7 Å². The van der Waals surface area contributed by atoms with Crippen molar-refractivity contribution in [3.63, 3.8) is 0 Å². The highest BCUT2D eigenvalue weighted by Gasteiger charge is 2.28. The smallest absolute Gasteiger partial charge is 0.234 e. The van der Waals surface area contributed by atoms with Crippen LogP contribution in [0.4, 0.5) is 5.69 Å². The zero-order valence-electron chi connectivity index (χ0n) is 9.41. The molecule has 3 rings (SSSR count). The summed E-state index contributed by atoms with van der Waals surface area (Å²) in [5.74, 6) is 0.171. The fourth-order valence-electron chi connectivity index (χ4n) is 1.48. The molecule has 0 spiro atoms. The minimum atomic E-state index is -0.105. The van der Waals surface area contributed by atoms with Crippen LogP contribution in [0.2, 0.25) is 0 Å². The topological polar surface area (TPSA) is 101 Å². The van der Waals surface area contributed by atoms with Gasteiger partial charge >= 0.3 is 0 Å². The summed E-state index contributed by atoms with van der Waals surface area (Å²) in [7, 11) is 0. The number of H-pyrrole nitrogens is 1. The van der Waals surface area contributed by atoms with Crippen molar-refractivity contribution in [1.29, 1.82) is 0 Å². The van der Waals surface area contributed by atoms with Gasteiger partial charge in [0.05, 0.1) is 23.7 Å². The zero-order chi connectivity index (χ0) is 12.4. The van der Waals surface area contributed by atoms with E-state index in [1.54, 1.807) is 17.1 Å². The van der Waals surface area contributed by atoms with Crippen LogP contribution >= 0.6 is 11.8 Å². The first-order valence-corrected chi connectivity index (χ1v) is 6.51. The first-order chi connectivity index (χ1) is 8.83. The number of aromatic nitrogens is 6. The van der Waals surface area contributed by atoms with Crippen LogP contribution in [0.5, 0.6) is 0 Å². The molecule has 9 heteroatoms. The van der Waals surface area contributed by atoms with Crippen molar-refractivity contribution in [2.75, 3.05) is 11.1 Å². The number of rotatable bonds is 5. The number of carbonyl (C=O) groups is 1. The Morgan fingerprint density at radius 2 is 2.50 bits per heavy atom. The molecule has 0 bridgehead atoms. The van der Waals surface area contributed by atoms with Gasteiger partial charge in [0, 0.05) is 6.20 Å². The number of aromatic amines is 1. The van der Waals surface area contributed by atoms with Gasteiger partial charge in [0.15, 0.2) is 0 Å². The van der Waals surface area contributed by atoms with Crippen molar-refractivity contribution in [2.24, 2.45) is 0 Å². The van der Waals surface area contributed by atoms with E-state index in [2.05, 4.69) is 31.0 Å². The van der Waals surface area contributed by atoms with Crippen LogP contribution < -0.4 is 5.32 Å². The number of thioether (sulfide) groups is 1. The van der Waals surface area contributed by atoms with Crippen molar-refractivity contribution in [3.8, 4) is 0 Å². The number of nitrogens with zero attached hydrogens (tertiary/aromatic N) is 5. The Morgan fingerprint density at radius 1 is 1.61 bits per heavy atom. The molecule has 0 saturated heterocycles. The lowest BCUT2D eigenvalue weighted by Crippen LogP contribution is -2.14. The van der Waals surface area contributed by atoms with Crippen molar-refractivity contribution in [3.05, 3.63) is 12.4 Å². The van der Waals surface area contributed by atoms with Crippen LogP contribution in [0, 0.1) is 0 Å². The summed E-state index contributed by atoms with van der Waals surface area (Å²) < 4.78 is 1.79. The molecule has 0 aromatic carbocycles. The Labute approximate surface area is 107 Å². The first kappa shape index (κ1) is 11.2. The summed E-state index contributed by atoms with van der Waals surface area (Å²) in [5, 5.41) is 21.3. The molecule has 2 N–H and O–H groups in total. The number of hydrogen-bond donors (Lipinski definition) is 2. The Morgan fingerprint density at radius 3 is 3.22 bits per heavy atom. The molecule has 8 nitrogen and oxygen atoms in total. The van der Waals surface area contributed by atoms with Gasteiger partial charge in [-0.1, -0.05) is 11.8 Å². The van der Waals surface area contributed by atoms with Crippen LogP contribution in [-0.2, 0) is 4.79 Å². The number of nitrogens with one attached hydrogen (secondary N) is 2. The maximum absolute atomic E-state index is 11.7. The molecule has 1 saturated carbocycles. The zero-order valence-corrected chi connectivity index (χ0v) is 10.2. The molecule has 0 radical (unpaired) electrons. The molecule has 1 amide bonds. The van der Waals surface area contributed by atoms with Gasteiger partial charge in [0.1, 0.15) is 0 Å². The third-order valence-corrected chi connectivity index (χ3v) is 3.40. The van der Waals surface area contributed by atoms with E-state index in [9.17, 15) is 4.79 Å². The minimum Gasteiger partial charge on any atom is -0.323 e. The van der Waals surface area contributed by atoms with Gasteiger partial charge in [-0.2, -0.15) is 5.10 Å². The van der Waals surface area contributed by atoms with Crippen LogP contribution in [0.3, 0.4) is 0 Å². The van der Waals surface area contributed by atoms with E-state index in [0.29, 0.717) is 16.9 Å². The van der Waals surface area contributed by atoms with E-state index in [4.69, 9.17) is 0 Å². The Hall–Kier alpha value is -1.90. The molecule has 1 fully saturated rings. The lowest BCUT2D eigenvalue weighted by atomic mass is 10.5. The highest BCUT2D eigenvalue weighted by molar-refractivity contribution is 7.99. The quantitative estimate of drug-likeness (QED) is 0.762.